The molecular formula is C22H30N4O2. The molecule has 6 nitrogen and oxygen atoms in total. The number of nitrogens with two attached hydrogens (primary N) is 1. The Bertz CT molecular complexity index is 751. The molecule has 0 spiro atoms. The minimum atomic E-state index is -0.268. The molecule has 0 saturated carbocycles. The molecule has 150 valence electrons. The standard InChI is InChI=1S/C22H30N4O2/c1-25(22(28)14-24-19-9-7-17(13-23)8-10-19)21(18-5-3-2-4-6-18)16-26-12-11-20(27)15-26/h2-10,20-21,24,27H,11-16,23H2,1H3/t20-,21+/m0/s1. The lowest BCUT2D eigenvalue weighted by molar-refractivity contribution is -0.130. The zero-order chi connectivity index (χ0) is 19.9. The molecule has 6 heteroatoms. The fourth-order valence-corrected chi connectivity index (χ4v) is 3.58. The SMILES string of the molecule is CN(C(=O)CNc1ccc(CN)cc1)[C@H](CN1CC[C@H](O)C1)c1ccccc1. The molecular weight excluding hydrogens is 352 g/mol. The molecule has 1 fully saturated rings. The summed E-state index contributed by atoms with van der Waals surface area (Å²) >= 11 is 0. The maximum atomic E-state index is 12.9. The van der Waals surface area contributed by atoms with Crippen molar-refractivity contribution in [2.24, 2.45) is 5.73 Å². The van der Waals surface area contributed by atoms with Crippen molar-refractivity contribution in [3.05, 3.63) is 65.7 Å². The highest BCUT2D eigenvalue weighted by Gasteiger charge is 2.27. The summed E-state index contributed by atoms with van der Waals surface area (Å²) in [6.45, 7) is 2.97. The topological polar surface area (TPSA) is 81.8 Å². The van der Waals surface area contributed by atoms with E-state index in [1.807, 2.05) is 49.5 Å². The van der Waals surface area contributed by atoms with E-state index >= 15 is 0 Å². The van der Waals surface area contributed by atoms with E-state index in [9.17, 15) is 9.90 Å². The number of β-amino-alcohol motifs (C(OH)–C–C–N with tert-alkyl or cyclic N) is 1. The van der Waals surface area contributed by atoms with Crippen molar-refractivity contribution in [3.63, 3.8) is 0 Å². The summed E-state index contributed by atoms with van der Waals surface area (Å²) in [5.41, 5.74) is 8.69. The van der Waals surface area contributed by atoms with Crippen molar-refractivity contribution in [3.8, 4) is 0 Å². The van der Waals surface area contributed by atoms with Crippen LogP contribution in [0, 0.1) is 0 Å². The molecule has 1 amide bonds. The quantitative estimate of drug-likeness (QED) is 0.649. The Balaban J connectivity index is 1.65. The number of likely N-dealkylation sites (tertiary alicyclic amines) is 1. The van der Waals surface area contributed by atoms with Gasteiger partial charge >= 0.3 is 0 Å². The predicted octanol–water partition coefficient (Wildman–Crippen LogP) is 1.82. The molecule has 0 aromatic heterocycles. The number of likely N-dealkylation sites (N-methyl/N-ethyl adjacent to an activating group) is 1. The predicted molar refractivity (Wildman–Crippen MR) is 112 cm³/mol. The fourth-order valence-electron chi connectivity index (χ4n) is 3.58. The Kier molecular flexibility index (Phi) is 7.03. The van der Waals surface area contributed by atoms with E-state index in [1.54, 1.807) is 4.90 Å². The van der Waals surface area contributed by atoms with E-state index in [-0.39, 0.29) is 24.6 Å². The van der Waals surface area contributed by atoms with Gasteiger partial charge in [0.15, 0.2) is 0 Å². The van der Waals surface area contributed by atoms with Crippen LogP contribution in [0.1, 0.15) is 23.6 Å². The number of rotatable bonds is 8. The lowest BCUT2D eigenvalue weighted by Crippen LogP contribution is -2.41. The molecule has 1 aliphatic rings. The van der Waals surface area contributed by atoms with Crippen LogP contribution in [0.15, 0.2) is 54.6 Å². The number of carbonyl (C=O) groups is 1. The maximum Gasteiger partial charge on any atom is 0.242 e. The highest BCUT2D eigenvalue weighted by Crippen LogP contribution is 2.23. The third-order valence-electron chi connectivity index (χ3n) is 5.36. The van der Waals surface area contributed by atoms with Crippen LogP contribution in [0.3, 0.4) is 0 Å². The largest absolute Gasteiger partial charge is 0.392 e. The fraction of sp³-hybridized carbons (Fsp3) is 0.409. The zero-order valence-electron chi connectivity index (χ0n) is 16.4. The molecule has 1 heterocycles. The summed E-state index contributed by atoms with van der Waals surface area (Å²) in [5, 5.41) is 13.0. The van der Waals surface area contributed by atoms with Gasteiger partial charge in [-0.3, -0.25) is 9.69 Å². The van der Waals surface area contributed by atoms with Gasteiger partial charge in [-0.15, -0.1) is 0 Å². The van der Waals surface area contributed by atoms with E-state index in [1.165, 1.54) is 0 Å². The summed E-state index contributed by atoms with van der Waals surface area (Å²) in [6.07, 6.45) is 0.523. The molecule has 3 rings (SSSR count). The highest BCUT2D eigenvalue weighted by atomic mass is 16.3. The number of aliphatic hydroxyl groups is 1. The Hall–Kier alpha value is -2.41. The van der Waals surface area contributed by atoms with Crippen molar-refractivity contribution in [1.29, 1.82) is 0 Å². The number of nitrogens with zero attached hydrogens (tertiary/aromatic N) is 2. The van der Waals surface area contributed by atoms with Gasteiger partial charge in [-0.05, 0) is 29.7 Å². The van der Waals surface area contributed by atoms with Crippen LogP contribution in [-0.2, 0) is 11.3 Å². The molecule has 28 heavy (non-hydrogen) atoms. The van der Waals surface area contributed by atoms with E-state index in [4.69, 9.17) is 5.73 Å². The normalized spacial score (nSPS) is 18.0. The van der Waals surface area contributed by atoms with E-state index < -0.39 is 0 Å². The van der Waals surface area contributed by atoms with Gasteiger partial charge in [-0.1, -0.05) is 42.5 Å². The van der Waals surface area contributed by atoms with Crippen molar-refractivity contribution in [2.45, 2.75) is 25.1 Å². The number of hydrogen-bond donors (Lipinski definition) is 3. The number of hydrogen-bond acceptors (Lipinski definition) is 5. The number of anilines is 1. The van der Waals surface area contributed by atoms with E-state index in [0.717, 1.165) is 29.8 Å². The van der Waals surface area contributed by atoms with Crippen molar-refractivity contribution in [2.75, 3.05) is 38.5 Å². The summed E-state index contributed by atoms with van der Waals surface area (Å²) in [4.78, 5) is 16.9. The Labute approximate surface area is 166 Å². The minimum Gasteiger partial charge on any atom is -0.392 e. The molecule has 1 saturated heterocycles. The molecule has 4 N–H and O–H groups in total. The number of aliphatic hydroxyl groups excluding tert-OH is 1. The number of carbonyl (C=O) groups excluding carboxylic acids is 1. The molecule has 1 aliphatic heterocycles. The molecule has 2 aromatic rings. The van der Waals surface area contributed by atoms with Gasteiger partial charge in [0.2, 0.25) is 5.91 Å². The molecule has 0 bridgehead atoms. The van der Waals surface area contributed by atoms with Gasteiger partial charge < -0.3 is 21.1 Å². The minimum absolute atomic E-state index is 0.0245. The van der Waals surface area contributed by atoms with Gasteiger partial charge in [0.05, 0.1) is 18.7 Å². The van der Waals surface area contributed by atoms with E-state index in [0.29, 0.717) is 19.6 Å². The first-order valence-corrected chi connectivity index (χ1v) is 9.80. The van der Waals surface area contributed by atoms with Crippen LogP contribution in [0.2, 0.25) is 0 Å². The Morgan fingerprint density at radius 1 is 1.25 bits per heavy atom. The summed E-state index contributed by atoms with van der Waals surface area (Å²) in [5.74, 6) is 0.0245. The third-order valence-corrected chi connectivity index (χ3v) is 5.36. The lowest BCUT2D eigenvalue weighted by atomic mass is 10.0. The monoisotopic (exact) mass is 382 g/mol. The number of nitrogens with one attached hydrogen (secondary N) is 1. The van der Waals surface area contributed by atoms with Crippen LogP contribution in [0.5, 0.6) is 0 Å². The van der Waals surface area contributed by atoms with E-state index in [2.05, 4.69) is 22.3 Å². The van der Waals surface area contributed by atoms with Crippen LogP contribution in [0.4, 0.5) is 5.69 Å². The first kappa shape index (κ1) is 20.3. The molecule has 0 radical (unpaired) electrons. The van der Waals surface area contributed by atoms with Gasteiger partial charge in [0.25, 0.3) is 0 Å². The van der Waals surface area contributed by atoms with Gasteiger partial charge in [0.1, 0.15) is 0 Å². The van der Waals surface area contributed by atoms with Crippen LogP contribution in [-0.4, -0.2) is 60.1 Å². The second-order valence-corrected chi connectivity index (χ2v) is 7.39. The van der Waals surface area contributed by atoms with Crippen LogP contribution < -0.4 is 11.1 Å². The highest BCUT2D eigenvalue weighted by molar-refractivity contribution is 5.81. The zero-order valence-corrected chi connectivity index (χ0v) is 16.4. The van der Waals surface area contributed by atoms with Gasteiger partial charge in [0, 0.05) is 38.9 Å². The summed E-state index contributed by atoms with van der Waals surface area (Å²) in [6, 6.07) is 17.8. The molecule has 2 aromatic carbocycles. The Morgan fingerprint density at radius 2 is 1.96 bits per heavy atom. The molecule has 2 atom stereocenters. The third kappa shape index (κ3) is 5.32. The smallest absolute Gasteiger partial charge is 0.242 e. The second kappa shape index (κ2) is 9.68. The maximum absolute atomic E-state index is 12.9. The second-order valence-electron chi connectivity index (χ2n) is 7.39. The van der Waals surface area contributed by atoms with Crippen molar-refractivity contribution in [1.82, 2.24) is 9.80 Å². The number of amides is 1. The van der Waals surface area contributed by atoms with Gasteiger partial charge in [-0.25, -0.2) is 0 Å². The van der Waals surface area contributed by atoms with Crippen molar-refractivity contribution >= 4 is 11.6 Å². The Morgan fingerprint density at radius 3 is 2.57 bits per heavy atom. The summed E-state index contributed by atoms with van der Waals surface area (Å²) < 4.78 is 0. The van der Waals surface area contributed by atoms with Crippen LogP contribution >= 0.6 is 0 Å². The average molecular weight is 383 g/mol. The van der Waals surface area contributed by atoms with Crippen molar-refractivity contribution < 1.29 is 9.90 Å². The molecule has 0 unspecified atom stereocenters. The lowest BCUT2D eigenvalue weighted by Gasteiger charge is -2.32. The first-order valence-electron chi connectivity index (χ1n) is 9.80. The number of benzene rings is 2. The average Bonchev–Trinajstić information content (AvgIpc) is 3.15. The van der Waals surface area contributed by atoms with Crippen LogP contribution in [0.25, 0.3) is 0 Å². The molecule has 0 aliphatic carbocycles. The summed E-state index contributed by atoms with van der Waals surface area (Å²) in [7, 11) is 1.85. The van der Waals surface area contributed by atoms with Gasteiger partial charge in [-0.2, -0.15) is 0 Å². The first-order chi connectivity index (χ1) is 13.6.